The van der Waals surface area contributed by atoms with Gasteiger partial charge in [-0.1, -0.05) is 73.9 Å². The molecule has 2 heteroatoms. The van der Waals surface area contributed by atoms with Gasteiger partial charge < -0.3 is 4.74 Å². The summed E-state index contributed by atoms with van der Waals surface area (Å²) >= 11 is 0. The van der Waals surface area contributed by atoms with Crippen LogP contribution in [0.5, 0.6) is 0 Å². The van der Waals surface area contributed by atoms with Crippen molar-refractivity contribution in [2.75, 3.05) is 13.7 Å². The Morgan fingerprint density at radius 2 is 1.48 bits per heavy atom. The Morgan fingerprint density at radius 1 is 0.957 bits per heavy atom. The molecule has 0 aliphatic heterocycles. The van der Waals surface area contributed by atoms with Crippen molar-refractivity contribution in [1.29, 1.82) is 0 Å². The van der Waals surface area contributed by atoms with Crippen molar-refractivity contribution >= 4 is 14.1 Å². The van der Waals surface area contributed by atoms with Gasteiger partial charge in [-0.25, -0.2) is 0 Å². The van der Waals surface area contributed by atoms with E-state index >= 15 is 0 Å². The lowest BCUT2D eigenvalue weighted by molar-refractivity contribution is 0.234. The van der Waals surface area contributed by atoms with Crippen molar-refractivity contribution in [3.05, 3.63) is 41.5 Å². The first-order valence-corrected chi connectivity index (χ1v) is 10.9. The van der Waals surface area contributed by atoms with E-state index in [1.165, 1.54) is 5.56 Å². The van der Waals surface area contributed by atoms with Crippen molar-refractivity contribution in [3.8, 4) is 11.5 Å². The monoisotopic (exact) mass is 328 g/mol. The standard InChI is InChI=1S/C21H32OSi/c1-17(2)23(18(3)4,19(5)6)16-14-21-12-10-20(11-13-21)9-8-15-22-7/h8-13,17-19H,15H2,1-7H3/q-1/b9-8+. The summed E-state index contributed by atoms with van der Waals surface area (Å²) in [6, 6.07) is 8.50. The molecule has 0 N–H and O–H groups in total. The molecule has 127 valence electrons. The summed E-state index contributed by atoms with van der Waals surface area (Å²) in [6.07, 6.45) is 4.10. The second-order valence-corrected chi connectivity index (χ2v) is 12.7. The van der Waals surface area contributed by atoms with E-state index in [2.05, 4.69) is 83.3 Å². The normalized spacial score (nSPS) is 12.3. The molecule has 0 bridgehead atoms. The Labute approximate surface area is 144 Å². The summed E-state index contributed by atoms with van der Waals surface area (Å²) in [7, 11) is 0.0642. The van der Waals surface area contributed by atoms with Gasteiger partial charge in [-0.05, 0) is 17.7 Å². The molecule has 0 aliphatic rings. The van der Waals surface area contributed by atoms with Gasteiger partial charge in [0.25, 0.3) is 0 Å². The van der Waals surface area contributed by atoms with Crippen molar-refractivity contribution in [1.82, 2.24) is 0 Å². The Hall–Kier alpha value is -1.30. The van der Waals surface area contributed by atoms with Crippen LogP contribution >= 0.6 is 0 Å². The van der Waals surface area contributed by atoms with Crippen LogP contribution in [0.2, 0.25) is 16.6 Å². The second kappa shape index (κ2) is 9.10. The molecule has 0 aromatic heterocycles. The van der Waals surface area contributed by atoms with E-state index in [9.17, 15) is 0 Å². The van der Waals surface area contributed by atoms with Crippen molar-refractivity contribution < 1.29 is 4.74 Å². The molecule has 1 aromatic rings. The number of hydrogen-bond acceptors (Lipinski definition) is 1. The lowest BCUT2D eigenvalue weighted by Crippen LogP contribution is -2.43. The lowest BCUT2D eigenvalue weighted by Gasteiger charge is -2.50. The SMILES string of the molecule is COC/C=C/c1ccc(C#C[Si-](C(C)C)(C(C)C)C(C)C)cc1. The summed E-state index contributed by atoms with van der Waals surface area (Å²) in [4.78, 5) is 0. The minimum atomic E-state index is -1.64. The minimum absolute atomic E-state index is 0.646. The van der Waals surface area contributed by atoms with E-state index in [4.69, 9.17) is 4.74 Å². The van der Waals surface area contributed by atoms with Crippen LogP contribution in [-0.2, 0) is 4.74 Å². The molecule has 0 unspecified atom stereocenters. The summed E-state index contributed by atoms with van der Waals surface area (Å²) in [5, 5.41) is 0. The fourth-order valence-electron chi connectivity index (χ4n) is 3.57. The molecule has 0 radical (unpaired) electrons. The average Bonchev–Trinajstić information content (AvgIpc) is 2.48. The van der Waals surface area contributed by atoms with Gasteiger partial charge in [0.2, 0.25) is 0 Å². The van der Waals surface area contributed by atoms with Crippen LogP contribution in [0.4, 0.5) is 0 Å². The van der Waals surface area contributed by atoms with E-state index in [0.29, 0.717) is 23.2 Å². The van der Waals surface area contributed by atoms with Gasteiger partial charge in [-0.2, -0.15) is 0 Å². The van der Waals surface area contributed by atoms with Gasteiger partial charge in [0.15, 0.2) is 0 Å². The van der Waals surface area contributed by atoms with Gasteiger partial charge in [0, 0.05) is 12.7 Å². The van der Waals surface area contributed by atoms with Crippen molar-refractivity contribution in [3.63, 3.8) is 0 Å². The average molecular weight is 329 g/mol. The zero-order valence-corrected chi connectivity index (χ0v) is 16.8. The highest BCUT2D eigenvalue weighted by Gasteiger charge is 2.28. The molecule has 0 saturated carbocycles. The van der Waals surface area contributed by atoms with Crippen molar-refractivity contribution in [2.24, 2.45) is 0 Å². The molecule has 0 atom stereocenters. The highest BCUT2D eigenvalue weighted by Crippen LogP contribution is 2.40. The van der Waals surface area contributed by atoms with E-state index in [1.807, 2.05) is 6.08 Å². The maximum atomic E-state index is 5.03. The molecule has 0 spiro atoms. The van der Waals surface area contributed by atoms with E-state index in [-0.39, 0.29) is 0 Å². The van der Waals surface area contributed by atoms with Crippen LogP contribution in [0.25, 0.3) is 6.08 Å². The number of methoxy groups -OCH3 is 1. The Morgan fingerprint density at radius 3 is 1.91 bits per heavy atom. The quantitative estimate of drug-likeness (QED) is 0.465. The number of hydrogen-bond donors (Lipinski definition) is 0. The Balaban J connectivity index is 3.04. The molecule has 1 nitrogen and oxygen atoms in total. The topological polar surface area (TPSA) is 9.23 Å². The number of benzene rings is 1. The van der Waals surface area contributed by atoms with Crippen LogP contribution in [0.3, 0.4) is 0 Å². The zero-order valence-electron chi connectivity index (χ0n) is 15.8. The molecule has 1 aromatic carbocycles. The van der Waals surface area contributed by atoms with E-state index < -0.39 is 8.07 Å². The van der Waals surface area contributed by atoms with Crippen LogP contribution < -0.4 is 0 Å². The molecule has 0 fully saturated rings. The van der Waals surface area contributed by atoms with Crippen LogP contribution in [0, 0.1) is 11.5 Å². The second-order valence-electron chi connectivity index (χ2n) is 7.13. The van der Waals surface area contributed by atoms with Crippen molar-refractivity contribution in [2.45, 2.75) is 58.2 Å². The predicted octanol–water partition coefficient (Wildman–Crippen LogP) is 5.92. The van der Waals surface area contributed by atoms with Gasteiger partial charge in [0.05, 0.1) is 6.61 Å². The maximum Gasteiger partial charge on any atom is 0.0646 e. The Kier molecular flexibility index (Phi) is 7.82. The number of rotatable bonds is 6. The fourth-order valence-corrected chi connectivity index (χ4v) is 8.80. The van der Waals surface area contributed by atoms with Crippen LogP contribution in [0.15, 0.2) is 30.3 Å². The largest absolute Gasteiger partial charge is 0.381 e. The molecule has 1 rings (SSSR count). The molecule has 0 aliphatic carbocycles. The molecule has 0 saturated heterocycles. The first-order valence-electron chi connectivity index (χ1n) is 8.63. The molecular formula is C21H32OSi-. The highest BCUT2D eigenvalue weighted by molar-refractivity contribution is 6.90. The summed E-state index contributed by atoms with van der Waals surface area (Å²) in [5.74, 6) is 3.49. The summed E-state index contributed by atoms with van der Waals surface area (Å²) < 4.78 is 5.03. The molecular weight excluding hydrogens is 296 g/mol. The Bertz CT molecular complexity index is 534. The van der Waals surface area contributed by atoms with Gasteiger partial charge in [-0.15, -0.1) is 22.5 Å². The van der Waals surface area contributed by atoms with E-state index in [0.717, 1.165) is 5.56 Å². The lowest BCUT2D eigenvalue weighted by atomic mass is 10.1. The first-order chi connectivity index (χ1) is 10.8. The van der Waals surface area contributed by atoms with Gasteiger partial charge in [0.1, 0.15) is 0 Å². The van der Waals surface area contributed by atoms with Crippen LogP contribution in [0.1, 0.15) is 52.7 Å². The predicted molar refractivity (Wildman–Crippen MR) is 105 cm³/mol. The smallest absolute Gasteiger partial charge is 0.0646 e. The molecule has 23 heavy (non-hydrogen) atoms. The fraction of sp³-hybridized carbons (Fsp3) is 0.524. The summed E-state index contributed by atoms with van der Waals surface area (Å²) in [6.45, 7) is 14.8. The van der Waals surface area contributed by atoms with Gasteiger partial charge >= 0.3 is 0 Å². The number of ether oxygens (including phenoxy) is 1. The van der Waals surface area contributed by atoms with Gasteiger partial charge in [-0.3, -0.25) is 5.54 Å². The molecule has 0 heterocycles. The first kappa shape index (κ1) is 19.7. The third-order valence-corrected chi connectivity index (χ3v) is 11.1. The minimum Gasteiger partial charge on any atom is -0.381 e. The highest BCUT2D eigenvalue weighted by atomic mass is 28.3. The zero-order chi connectivity index (χ0) is 17.5. The third kappa shape index (κ3) is 5.09. The maximum absolute atomic E-state index is 5.03. The summed E-state index contributed by atoms with van der Waals surface area (Å²) in [5.41, 5.74) is 8.09. The third-order valence-electron chi connectivity index (χ3n) is 4.77. The van der Waals surface area contributed by atoms with Crippen LogP contribution in [-0.4, -0.2) is 21.8 Å². The molecule has 0 amide bonds. The van der Waals surface area contributed by atoms with E-state index in [1.54, 1.807) is 7.11 Å².